The highest BCUT2D eigenvalue weighted by Gasteiger charge is 2.33. The number of nitrogens with one attached hydrogen (secondary N) is 1. The smallest absolute Gasteiger partial charge is 0.0615 e. The van der Waals surface area contributed by atoms with Crippen molar-refractivity contribution in [3.05, 3.63) is 0 Å². The number of hydrogen-bond acceptors (Lipinski definition) is 3. The Morgan fingerprint density at radius 3 is 2.50 bits per heavy atom. The molecule has 0 aromatic heterocycles. The molecular weight excluding hydrogens is 200 g/mol. The summed E-state index contributed by atoms with van der Waals surface area (Å²) in [4.78, 5) is 2.69. The molecule has 0 aromatic rings. The van der Waals surface area contributed by atoms with E-state index in [1.807, 2.05) is 7.11 Å². The summed E-state index contributed by atoms with van der Waals surface area (Å²) in [5, 5.41) is 3.44. The van der Waals surface area contributed by atoms with Crippen molar-refractivity contribution in [2.45, 2.75) is 44.7 Å². The van der Waals surface area contributed by atoms with Crippen LogP contribution in [-0.2, 0) is 4.74 Å². The Morgan fingerprint density at radius 2 is 1.94 bits per heavy atom. The molecule has 1 unspecified atom stereocenters. The zero-order valence-corrected chi connectivity index (χ0v) is 10.7. The number of hydrogen-bond donors (Lipinski definition) is 1. The van der Waals surface area contributed by atoms with Crippen LogP contribution in [0.1, 0.15) is 32.6 Å². The van der Waals surface area contributed by atoms with Gasteiger partial charge in [0, 0.05) is 25.7 Å². The minimum atomic E-state index is 0.590. The first-order valence-electron chi connectivity index (χ1n) is 6.76. The van der Waals surface area contributed by atoms with Gasteiger partial charge >= 0.3 is 0 Å². The molecule has 1 aliphatic carbocycles. The summed E-state index contributed by atoms with van der Waals surface area (Å²) in [5.74, 6) is 0.904. The van der Waals surface area contributed by atoms with Gasteiger partial charge in [-0.05, 0) is 51.6 Å². The molecule has 0 bridgehead atoms. The number of methoxy groups -OCH3 is 1. The van der Waals surface area contributed by atoms with Crippen LogP contribution in [0.5, 0.6) is 0 Å². The molecule has 1 saturated heterocycles. The lowest BCUT2D eigenvalue weighted by Crippen LogP contribution is -2.43. The minimum Gasteiger partial charge on any atom is -0.383 e. The average molecular weight is 226 g/mol. The Labute approximate surface area is 99.5 Å². The predicted molar refractivity (Wildman–Crippen MR) is 66.7 cm³/mol. The monoisotopic (exact) mass is 226 g/mol. The van der Waals surface area contributed by atoms with Crippen LogP contribution >= 0.6 is 0 Å². The van der Waals surface area contributed by atoms with E-state index < -0.39 is 0 Å². The summed E-state index contributed by atoms with van der Waals surface area (Å²) in [7, 11) is 1.81. The summed E-state index contributed by atoms with van der Waals surface area (Å²) in [6.45, 7) is 6.89. The van der Waals surface area contributed by atoms with Gasteiger partial charge in [0.25, 0.3) is 0 Å². The second-order valence-electron chi connectivity index (χ2n) is 5.43. The largest absolute Gasteiger partial charge is 0.383 e. The Bertz CT molecular complexity index is 200. The third kappa shape index (κ3) is 3.44. The van der Waals surface area contributed by atoms with Crippen molar-refractivity contribution in [3.8, 4) is 0 Å². The van der Waals surface area contributed by atoms with E-state index in [-0.39, 0.29) is 0 Å². The first-order chi connectivity index (χ1) is 7.81. The fraction of sp³-hybridized carbons (Fsp3) is 1.00. The maximum absolute atomic E-state index is 5.30. The van der Waals surface area contributed by atoms with Crippen LogP contribution in [0, 0.1) is 5.92 Å². The Hall–Kier alpha value is -0.120. The Balaban J connectivity index is 1.81. The normalized spacial score (nSPS) is 24.9. The van der Waals surface area contributed by atoms with Crippen molar-refractivity contribution in [3.63, 3.8) is 0 Å². The maximum Gasteiger partial charge on any atom is 0.0615 e. The second kappa shape index (κ2) is 5.99. The summed E-state index contributed by atoms with van der Waals surface area (Å²) in [6, 6.07) is 1.45. The van der Waals surface area contributed by atoms with E-state index in [1.54, 1.807) is 0 Å². The molecule has 3 heteroatoms. The van der Waals surface area contributed by atoms with Crippen molar-refractivity contribution in [2.75, 3.05) is 33.4 Å². The topological polar surface area (TPSA) is 24.5 Å². The first kappa shape index (κ1) is 12.3. The van der Waals surface area contributed by atoms with Crippen molar-refractivity contribution in [1.82, 2.24) is 10.2 Å². The molecule has 1 aliphatic heterocycles. The molecule has 16 heavy (non-hydrogen) atoms. The lowest BCUT2D eigenvalue weighted by molar-refractivity contribution is 0.0778. The van der Waals surface area contributed by atoms with E-state index in [2.05, 4.69) is 17.1 Å². The molecular formula is C13H26N2O. The average Bonchev–Trinajstić information content (AvgIpc) is 3.11. The van der Waals surface area contributed by atoms with E-state index in [9.17, 15) is 0 Å². The van der Waals surface area contributed by atoms with Gasteiger partial charge in [0.1, 0.15) is 0 Å². The SMILES string of the molecule is COCC(C)N(CC1CCNCC1)C1CC1. The molecule has 0 radical (unpaired) electrons. The van der Waals surface area contributed by atoms with Crippen LogP contribution in [0.25, 0.3) is 0 Å². The zero-order chi connectivity index (χ0) is 11.4. The van der Waals surface area contributed by atoms with E-state index in [4.69, 9.17) is 4.74 Å². The van der Waals surface area contributed by atoms with Gasteiger partial charge in [-0.1, -0.05) is 0 Å². The number of piperidine rings is 1. The summed E-state index contributed by atoms with van der Waals surface area (Å²) in [5.41, 5.74) is 0. The van der Waals surface area contributed by atoms with E-state index in [1.165, 1.54) is 45.3 Å². The molecule has 2 fully saturated rings. The Morgan fingerprint density at radius 1 is 1.25 bits per heavy atom. The molecule has 0 spiro atoms. The molecule has 1 heterocycles. The quantitative estimate of drug-likeness (QED) is 0.742. The van der Waals surface area contributed by atoms with Crippen LogP contribution in [-0.4, -0.2) is 50.3 Å². The van der Waals surface area contributed by atoms with Crippen LogP contribution in [0.15, 0.2) is 0 Å². The van der Waals surface area contributed by atoms with Crippen molar-refractivity contribution in [1.29, 1.82) is 0 Å². The highest BCUT2D eigenvalue weighted by atomic mass is 16.5. The zero-order valence-electron chi connectivity index (χ0n) is 10.7. The van der Waals surface area contributed by atoms with E-state index in [0.717, 1.165) is 18.6 Å². The van der Waals surface area contributed by atoms with Gasteiger partial charge in [0.2, 0.25) is 0 Å². The highest BCUT2D eigenvalue weighted by Crippen LogP contribution is 2.30. The Kier molecular flexibility index (Phi) is 4.62. The summed E-state index contributed by atoms with van der Waals surface area (Å²) in [6.07, 6.45) is 5.50. The molecule has 0 amide bonds. The molecule has 94 valence electrons. The van der Waals surface area contributed by atoms with Gasteiger partial charge < -0.3 is 10.1 Å². The molecule has 0 aromatic carbocycles. The number of nitrogens with zero attached hydrogens (tertiary/aromatic N) is 1. The van der Waals surface area contributed by atoms with Crippen LogP contribution in [0.3, 0.4) is 0 Å². The molecule has 1 N–H and O–H groups in total. The van der Waals surface area contributed by atoms with Gasteiger partial charge in [0.15, 0.2) is 0 Å². The predicted octanol–water partition coefficient (Wildman–Crippen LogP) is 1.49. The molecule has 1 saturated carbocycles. The summed E-state index contributed by atoms with van der Waals surface area (Å²) < 4.78 is 5.30. The number of ether oxygens (including phenoxy) is 1. The standard InChI is InChI=1S/C13H26N2O/c1-11(10-16-2)15(13-3-4-13)9-12-5-7-14-8-6-12/h11-14H,3-10H2,1-2H3. The molecule has 1 atom stereocenters. The van der Waals surface area contributed by atoms with Gasteiger partial charge in [-0.15, -0.1) is 0 Å². The minimum absolute atomic E-state index is 0.590. The highest BCUT2D eigenvalue weighted by molar-refractivity contribution is 4.89. The fourth-order valence-corrected chi connectivity index (χ4v) is 2.79. The lowest BCUT2D eigenvalue weighted by atomic mass is 9.97. The maximum atomic E-state index is 5.30. The van der Waals surface area contributed by atoms with E-state index in [0.29, 0.717) is 6.04 Å². The van der Waals surface area contributed by atoms with Crippen molar-refractivity contribution >= 4 is 0 Å². The second-order valence-corrected chi connectivity index (χ2v) is 5.43. The summed E-state index contributed by atoms with van der Waals surface area (Å²) >= 11 is 0. The van der Waals surface area contributed by atoms with Gasteiger partial charge in [-0.2, -0.15) is 0 Å². The van der Waals surface area contributed by atoms with E-state index >= 15 is 0 Å². The first-order valence-corrected chi connectivity index (χ1v) is 6.76. The molecule has 2 rings (SSSR count). The lowest BCUT2D eigenvalue weighted by Gasteiger charge is -2.34. The third-order valence-corrected chi connectivity index (χ3v) is 3.92. The van der Waals surface area contributed by atoms with Crippen LogP contribution in [0.2, 0.25) is 0 Å². The van der Waals surface area contributed by atoms with Gasteiger partial charge in [-0.25, -0.2) is 0 Å². The fourth-order valence-electron chi connectivity index (χ4n) is 2.79. The molecule has 3 nitrogen and oxygen atoms in total. The van der Waals surface area contributed by atoms with Crippen molar-refractivity contribution < 1.29 is 4.74 Å². The van der Waals surface area contributed by atoms with Gasteiger partial charge in [0.05, 0.1) is 6.61 Å². The van der Waals surface area contributed by atoms with Crippen molar-refractivity contribution in [2.24, 2.45) is 5.92 Å². The van der Waals surface area contributed by atoms with Crippen LogP contribution in [0.4, 0.5) is 0 Å². The van der Waals surface area contributed by atoms with Crippen LogP contribution < -0.4 is 5.32 Å². The molecule has 2 aliphatic rings. The van der Waals surface area contributed by atoms with Gasteiger partial charge in [-0.3, -0.25) is 4.90 Å². The third-order valence-electron chi connectivity index (χ3n) is 3.92. The number of rotatable bonds is 6.